The van der Waals surface area contributed by atoms with E-state index < -0.39 is 0 Å². The first-order chi connectivity index (χ1) is 11.2. The van der Waals surface area contributed by atoms with Crippen LogP contribution in [-0.2, 0) is 6.42 Å². The Balaban J connectivity index is 0.00000288. The van der Waals surface area contributed by atoms with Crippen molar-refractivity contribution in [3.63, 3.8) is 0 Å². The maximum Gasteiger partial charge on any atom is 0.251 e. The standard InChI is InChI=1S/C19H24N2O2.ClH/c1-2-3-14-23-18-10-6-16(7-11-18)19(22)21-13-12-15-4-8-17(20)9-5-15;/h4-11H,2-3,12-14,20H2,1H3,(H,21,22);1H. The van der Waals surface area contributed by atoms with Gasteiger partial charge in [0.2, 0.25) is 0 Å². The van der Waals surface area contributed by atoms with Crippen LogP contribution in [0.3, 0.4) is 0 Å². The van der Waals surface area contributed by atoms with Gasteiger partial charge in [0.05, 0.1) is 6.61 Å². The molecule has 3 N–H and O–H groups in total. The van der Waals surface area contributed by atoms with E-state index in [4.69, 9.17) is 10.5 Å². The van der Waals surface area contributed by atoms with Crippen LogP contribution in [0.1, 0.15) is 35.7 Å². The van der Waals surface area contributed by atoms with E-state index in [1.54, 1.807) is 12.1 Å². The first-order valence-electron chi connectivity index (χ1n) is 8.04. The molecule has 0 spiro atoms. The van der Waals surface area contributed by atoms with Crippen molar-refractivity contribution >= 4 is 24.0 Å². The van der Waals surface area contributed by atoms with Crippen molar-refractivity contribution in [1.29, 1.82) is 0 Å². The summed E-state index contributed by atoms with van der Waals surface area (Å²) in [6.07, 6.45) is 2.92. The first-order valence-corrected chi connectivity index (χ1v) is 8.04. The number of hydrogen-bond acceptors (Lipinski definition) is 3. The number of carbonyl (C=O) groups excluding carboxylic acids is 1. The molecule has 2 rings (SSSR count). The molecule has 0 saturated heterocycles. The molecule has 0 atom stereocenters. The van der Waals surface area contributed by atoms with E-state index >= 15 is 0 Å². The van der Waals surface area contributed by atoms with Gasteiger partial charge < -0.3 is 15.8 Å². The number of carbonyl (C=O) groups is 1. The number of unbranched alkanes of at least 4 members (excludes halogenated alkanes) is 1. The van der Waals surface area contributed by atoms with Crippen molar-refractivity contribution < 1.29 is 9.53 Å². The summed E-state index contributed by atoms with van der Waals surface area (Å²) in [5.74, 6) is 0.734. The van der Waals surface area contributed by atoms with Crippen molar-refractivity contribution in [3.8, 4) is 5.75 Å². The number of ether oxygens (including phenoxy) is 1. The van der Waals surface area contributed by atoms with E-state index in [2.05, 4.69) is 12.2 Å². The second-order valence-corrected chi connectivity index (χ2v) is 5.47. The van der Waals surface area contributed by atoms with Crippen LogP contribution in [0.2, 0.25) is 0 Å². The van der Waals surface area contributed by atoms with Gasteiger partial charge in [-0.3, -0.25) is 4.79 Å². The van der Waals surface area contributed by atoms with Gasteiger partial charge in [-0.05, 0) is 54.8 Å². The molecule has 0 aliphatic rings. The fraction of sp³-hybridized carbons (Fsp3) is 0.316. The number of halogens is 1. The Morgan fingerprint density at radius 2 is 1.75 bits per heavy atom. The summed E-state index contributed by atoms with van der Waals surface area (Å²) in [7, 11) is 0. The van der Waals surface area contributed by atoms with Gasteiger partial charge in [-0.25, -0.2) is 0 Å². The average Bonchev–Trinajstić information content (AvgIpc) is 2.57. The van der Waals surface area contributed by atoms with Gasteiger partial charge in [-0.2, -0.15) is 0 Å². The predicted octanol–water partition coefficient (Wildman–Crippen LogP) is 3.84. The van der Waals surface area contributed by atoms with Crippen LogP contribution in [0.15, 0.2) is 48.5 Å². The summed E-state index contributed by atoms with van der Waals surface area (Å²) in [6, 6.07) is 14.9. The lowest BCUT2D eigenvalue weighted by molar-refractivity contribution is 0.0954. The minimum absolute atomic E-state index is 0. The number of nitrogen functional groups attached to an aromatic ring is 1. The number of nitrogens with two attached hydrogens (primary N) is 1. The third-order valence-electron chi connectivity index (χ3n) is 3.56. The molecular formula is C19H25ClN2O2. The molecule has 0 radical (unpaired) electrons. The molecule has 2 aromatic carbocycles. The number of benzene rings is 2. The number of anilines is 1. The van der Waals surface area contributed by atoms with Gasteiger partial charge in [-0.15, -0.1) is 12.4 Å². The molecule has 0 bridgehead atoms. The topological polar surface area (TPSA) is 64.3 Å². The lowest BCUT2D eigenvalue weighted by atomic mass is 10.1. The molecule has 4 nitrogen and oxygen atoms in total. The van der Waals surface area contributed by atoms with Crippen LogP contribution in [-0.4, -0.2) is 19.1 Å². The van der Waals surface area contributed by atoms with E-state index in [0.717, 1.165) is 36.3 Å². The lowest BCUT2D eigenvalue weighted by Gasteiger charge is -2.08. The highest BCUT2D eigenvalue weighted by Crippen LogP contribution is 2.13. The van der Waals surface area contributed by atoms with Gasteiger partial charge in [-0.1, -0.05) is 25.5 Å². The summed E-state index contributed by atoms with van der Waals surface area (Å²) >= 11 is 0. The number of amides is 1. The minimum Gasteiger partial charge on any atom is -0.494 e. The SMILES string of the molecule is CCCCOc1ccc(C(=O)NCCc2ccc(N)cc2)cc1.Cl. The normalized spacial score (nSPS) is 9.88. The highest BCUT2D eigenvalue weighted by molar-refractivity contribution is 5.94. The monoisotopic (exact) mass is 348 g/mol. The largest absolute Gasteiger partial charge is 0.494 e. The van der Waals surface area contributed by atoms with Gasteiger partial charge in [0.15, 0.2) is 0 Å². The molecule has 0 saturated carbocycles. The van der Waals surface area contributed by atoms with E-state index in [-0.39, 0.29) is 18.3 Å². The summed E-state index contributed by atoms with van der Waals surface area (Å²) in [5, 5.41) is 2.92. The van der Waals surface area contributed by atoms with Crippen molar-refractivity contribution in [1.82, 2.24) is 5.32 Å². The molecule has 1 amide bonds. The molecule has 0 unspecified atom stereocenters. The van der Waals surface area contributed by atoms with Crippen LogP contribution in [0.5, 0.6) is 5.75 Å². The Morgan fingerprint density at radius 1 is 1.08 bits per heavy atom. The van der Waals surface area contributed by atoms with E-state index in [0.29, 0.717) is 18.7 Å². The van der Waals surface area contributed by atoms with Gasteiger partial charge >= 0.3 is 0 Å². The third kappa shape index (κ3) is 6.50. The Kier molecular flexibility index (Phi) is 8.72. The Hall–Kier alpha value is -2.20. The van der Waals surface area contributed by atoms with E-state index in [1.807, 2.05) is 36.4 Å². The molecule has 0 heterocycles. The number of rotatable bonds is 8. The van der Waals surface area contributed by atoms with Crippen molar-refractivity contribution in [2.75, 3.05) is 18.9 Å². The third-order valence-corrected chi connectivity index (χ3v) is 3.56. The molecule has 0 aliphatic carbocycles. The Labute approximate surface area is 149 Å². The summed E-state index contributed by atoms with van der Waals surface area (Å²) in [5.41, 5.74) is 8.19. The molecule has 0 aliphatic heterocycles. The second-order valence-electron chi connectivity index (χ2n) is 5.47. The molecule has 2 aromatic rings. The average molecular weight is 349 g/mol. The summed E-state index contributed by atoms with van der Waals surface area (Å²) in [6.45, 7) is 3.43. The summed E-state index contributed by atoms with van der Waals surface area (Å²) < 4.78 is 5.59. The highest BCUT2D eigenvalue weighted by Gasteiger charge is 2.05. The maximum absolute atomic E-state index is 12.1. The maximum atomic E-state index is 12.1. The lowest BCUT2D eigenvalue weighted by Crippen LogP contribution is -2.25. The highest BCUT2D eigenvalue weighted by atomic mass is 35.5. The van der Waals surface area contributed by atoms with Gasteiger partial charge in [0, 0.05) is 17.8 Å². The zero-order valence-corrected chi connectivity index (χ0v) is 14.8. The Morgan fingerprint density at radius 3 is 2.38 bits per heavy atom. The molecular weight excluding hydrogens is 324 g/mol. The van der Waals surface area contributed by atoms with Gasteiger partial charge in [0.1, 0.15) is 5.75 Å². The number of nitrogens with one attached hydrogen (secondary N) is 1. The van der Waals surface area contributed by atoms with Crippen LogP contribution < -0.4 is 15.8 Å². The van der Waals surface area contributed by atoms with Crippen molar-refractivity contribution in [2.45, 2.75) is 26.2 Å². The van der Waals surface area contributed by atoms with Crippen LogP contribution in [0.4, 0.5) is 5.69 Å². The van der Waals surface area contributed by atoms with Crippen LogP contribution in [0, 0.1) is 0 Å². The van der Waals surface area contributed by atoms with Gasteiger partial charge in [0.25, 0.3) is 5.91 Å². The van der Waals surface area contributed by atoms with E-state index in [1.165, 1.54) is 0 Å². The van der Waals surface area contributed by atoms with Crippen LogP contribution in [0.25, 0.3) is 0 Å². The van der Waals surface area contributed by atoms with E-state index in [9.17, 15) is 4.79 Å². The van der Waals surface area contributed by atoms with Crippen molar-refractivity contribution in [3.05, 3.63) is 59.7 Å². The molecule has 130 valence electrons. The fourth-order valence-electron chi connectivity index (χ4n) is 2.14. The van der Waals surface area contributed by atoms with Crippen LogP contribution >= 0.6 is 12.4 Å². The molecule has 0 fully saturated rings. The molecule has 0 aromatic heterocycles. The smallest absolute Gasteiger partial charge is 0.251 e. The predicted molar refractivity (Wildman–Crippen MR) is 101 cm³/mol. The summed E-state index contributed by atoms with van der Waals surface area (Å²) in [4.78, 5) is 12.1. The quantitative estimate of drug-likeness (QED) is 0.562. The van der Waals surface area contributed by atoms with Crippen molar-refractivity contribution in [2.24, 2.45) is 0 Å². The first kappa shape index (κ1) is 19.8. The number of hydrogen-bond donors (Lipinski definition) is 2. The zero-order chi connectivity index (χ0) is 16.5. The molecule has 5 heteroatoms. The zero-order valence-electron chi connectivity index (χ0n) is 14.0. The Bertz CT molecular complexity index is 612. The second kappa shape index (κ2) is 10.6. The molecule has 24 heavy (non-hydrogen) atoms. The minimum atomic E-state index is -0.0689. The fourth-order valence-corrected chi connectivity index (χ4v) is 2.14.